The third kappa shape index (κ3) is 5.59. The summed E-state index contributed by atoms with van der Waals surface area (Å²) in [5.74, 6) is 0.699. The Morgan fingerprint density at radius 2 is 1.70 bits per heavy atom. The van der Waals surface area contributed by atoms with Crippen LogP contribution in [0.2, 0.25) is 0 Å². The van der Waals surface area contributed by atoms with Crippen molar-refractivity contribution in [2.75, 3.05) is 0 Å². The van der Waals surface area contributed by atoms with Gasteiger partial charge in [0, 0.05) is 0 Å². The normalized spacial score (nSPS) is 13.7. The Hall–Kier alpha value is -2.29. The minimum Gasteiger partial charge on any atom is -0.480 e. The first-order valence-electron chi connectivity index (χ1n) is 9.76. The minimum absolute atomic E-state index is 0.0669. The van der Waals surface area contributed by atoms with Gasteiger partial charge in [-0.25, -0.2) is 0 Å². The summed E-state index contributed by atoms with van der Waals surface area (Å²) in [5, 5.41) is 3.10. The Bertz CT molecular complexity index is 772. The molecule has 0 saturated heterocycles. The largest absolute Gasteiger partial charge is 0.480 e. The van der Waals surface area contributed by atoms with Gasteiger partial charge < -0.3 is 10.1 Å². The fourth-order valence-electron chi connectivity index (χ4n) is 2.97. The topological polar surface area (TPSA) is 38.3 Å². The zero-order chi connectivity index (χ0) is 20.2. The first-order chi connectivity index (χ1) is 12.6. The van der Waals surface area contributed by atoms with Gasteiger partial charge in [0.25, 0.3) is 5.91 Å². The number of ether oxygens (including phenoxy) is 1. The molecule has 2 aromatic rings. The highest BCUT2D eigenvalue weighted by atomic mass is 16.5. The molecule has 27 heavy (non-hydrogen) atoms. The first kappa shape index (κ1) is 21.0. The maximum absolute atomic E-state index is 12.7. The quantitative estimate of drug-likeness (QED) is 0.718. The van der Waals surface area contributed by atoms with Crippen LogP contribution in [0.5, 0.6) is 5.75 Å². The first-order valence-corrected chi connectivity index (χ1v) is 9.76. The van der Waals surface area contributed by atoms with E-state index < -0.39 is 6.10 Å². The zero-order valence-electron chi connectivity index (χ0n) is 17.7. The number of rotatable bonds is 6. The molecule has 0 aliphatic rings. The van der Waals surface area contributed by atoms with E-state index in [1.807, 2.05) is 45.9 Å². The number of hydrogen-bond donors (Lipinski definition) is 1. The standard InChI is InChI=1S/C24H33NO2/c1-8-21(27-22-15-16(2)9-10-17(22)3)23(26)25-18(4)19-11-13-20(14-12-19)24(5,6)7/h9-15,18,21H,8H2,1-7H3,(H,25,26)/t18-,21+/m0/s1. The lowest BCUT2D eigenvalue weighted by atomic mass is 9.86. The van der Waals surface area contributed by atoms with Crippen LogP contribution in [0.4, 0.5) is 0 Å². The van der Waals surface area contributed by atoms with Gasteiger partial charge in [-0.2, -0.15) is 0 Å². The van der Waals surface area contributed by atoms with Gasteiger partial charge in [-0.15, -0.1) is 0 Å². The van der Waals surface area contributed by atoms with Crippen molar-refractivity contribution in [2.24, 2.45) is 0 Å². The number of amides is 1. The van der Waals surface area contributed by atoms with Crippen LogP contribution in [-0.4, -0.2) is 12.0 Å². The highest BCUT2D eigenvalue weighted by Gasteiger charge is 2.22. The van der Waals surface area contributed by atoms with Gasteiger partial charge in [-0.3, -0.25) is 4.79 Å². The second-order valence-corrected chi connectivity index (χ2v) is 8.39. The molecule has 1 N–H and O–H groups in total. The van der Waals surface area contributed by atoms with Crippen LogP contribution in [-0.2, 0) is 10.2 Å². The number of carbonyl (C=O) groups excluding carboxylic acids is 1. The zero-order valence-corrected chi connectivity index (χ0v) is 17.7. The maximum Gasteiger partial charge on any atom is 0.261 e. The average Bonchev–Trinajstić information content (AvgIpc) is 2.61. The summed E-state index contributed by atoms with van der Waals surface area (Å²) in [6, 6.07) is 14.5. The molecule has 0 aliphatic carbocycles. The van der Waals surface area contributed by atoms with Crippen LogP contribution in [0, 0.1) is 13.8 Å². The summed E-state index contributed by atoms with van der Waals surface area (Å²) in [6.07, 6.45) is 0.122. The number of hydrogen-bond acceptors (Lipinski definition) is 2. The third-order valence-electron chi connectivity index (χ3n) is 4.91. The van der Waals surface area contributed by atoms with Crippen LogP contribution >= 0.6 is 0 Å². The Morgan fingerprint density at radius 1 is 1.07 bits per heavy atom. The Morgan fingerprint density at radius 3 is 2.26 bits per heavy atom. The Labute approximate surface area is 164 Å². The molecule has 0 aromatic heterocycles. The molecule has 146 valence electrons. The van der Waals surface area contributed by atoms with Crippen molar-refractivity contribution in [1.82, 2.24) is 5.32 Å². The van der Waals surface area contributed by atoms with Gasteiger partial charge in [-0.05, 0) is 60.9 Å². The monoisotopic (exact) mass is 367 g/mol. The number of benzene rings is 2. The minimum atomic E-state index is -0.498. The van der Waals surface area contributed by atoms with E-state index in [4.69, 9.17) is 4.74 Å². The van der Waals surface area contributed by atoms with Crippen LogP contribution in [0.3, 0.4) is 0 Å². The van der Waals surface area contributed by atoms with Crippen LogP contribution in [0.1, 0.15) is 69.3 Å². The smallest absolute Gasteiger partial charge is 0.261 e. The summed E-state index contributed by atoms with van der Waals surface area (Å²) in [4.78, 5) is 12.7. The van der Waals surface area contributed by atoms with E-state index in [-0.39, 0.29) is 17.4 Å². The van der Waals surface area contributed by atoms with E-state index in [1.54, 1.807) is 0 Å². The molecule has 2 aromatic carbocycles. The third-order valence-corrected chi connectivity index (χ3v) is 4.91. The number of carbonyl (C=O) groups is 1. The number of aryl methyl sites for hydroxylation is 2. The summed E-state index contributed by atoms with van der Waals surface area (Å²) in [7, 11) is 0. The molecule has 0 spiro atoms. The van der Waals surface area contributed by atoms with Crippen molar-refractivity contribution >= 4 is 5.91 Å². The van der Waals surface area contributed by atoms with Gasteiger partial charge >= 0.3 is 0 Å². The van der Waals surface area contributed by atoms with Crippen LogP contribution in [0.25, 0.3) is 0 Å². The van der Waals surface area contributed by atoms with Crippen molar-refractivity contribution in [3.63, 3.8) is 0 Å². The molecule has 0 heterocycles. The number of nitrogens with one attached hydrogen (secondary N) is 1. The molecule has 0 saturated carbocycles. The fraction of sp³-hybridized carbons (Fsp3) is 0.458. The second-order valence-electron chi connectivity index (χ2n) is 8.39. The lowest BCUT2D eigenvalue weighted by Crippen LogP contribution is -2.39. The van der Waals surface area contributed by atoms with E-state index in [2.05, 4.69) is 50.4 Å². The summed E-state index contributed by atoms with van der Waals surface area (Å²) >= 11 is 0. The summed E-state index contributed by atoms with van der Waals surface area (Å²) in [5.41, 5.74) is 4.67. The summed E-state index contributed by atoms with van der Waals surface area (Å²) < 4.78 is 6.03. The van der Waals surface area contributed by atoms with Crippen LogP contribution in [0.15, 0.2) is 42.5 Å². The van der Waals surface area contributed by atoms with Crippen molar-refractivity contribution < 1.29 is 9.53 Å². The predicted octanol–water partition coefficient (Wildman–Crippen LogP) is 5.64. The SMILES string of the molecule is CC[C@@H](Oc1cc(C)ccc1C)C(=O)N[C@@H](C)c1ccc(C(C)(C)C)cc1. The predicted molar refractivity (Wildman–Crippen MR) is 112 cm³/mol. The molecule has 2 rings (SSSR count). The van der Waals surface area contributed by atoms with E-state index in [9.17, 15) is 4.79 Å². The molecule has 0 fully saturated rings. The highest BCUT2D eigenvalue weighted by molar-refractivity contribution is 5.81. The molecule has 3 nitrogen and oxygen atoms in total. The van der Waals surface area contributed by atoms with Crippen molar-refractivity contribution in [3.05, 3.63) is 64.7 Å². The lowest BCUT2D eigenvalue weighted by molar-refractivity contribution is -0.128. The van der Waals surface area contributed by atoms with Gasteiger partial charge in [0.2, 0.25) is 0 Å². The molecular weight excluding hydrogens is 334 g/mol. The van der Waals surface area contributed by atoms with E-state index in [1.165, 1.54) is 5.56 Å². The summed E-state index contributed by atoms with van der Waals surface area (Å²) in [6.45, 7) is 14.6. The van der Waals surface area contributed by atoms with Crippen molar-refractivity contribution in [1.29, 1.82) is 0 Å². The lowest BCUT2D eigenvalue weighted by Gasteiger charge is -2.23. The Balaban J connectivity index is 2.06. The molecule has 0 aliphatic heterocycles. The highest BCUT2D eigenvalue weighted by Crippen LogP contribution is 2.25. The molecule has 1 amide bonds. The van der Waals surface area contributed by atoms with E-state index >= 15 is 0 Å². The molecular formula is C24H33NO2. The average molecular weight is 368 g/mol. The second kappa shape index (κ2) is 8.60. The van der Waals surface area contributed by atoms with Crippen LogP contribution < -0.4 is 10.1 Å². The van der Waals surface area contributed by atoms with Gasteiger partial charge in [0.15, 0.2) is 6.10 Å². The van der Waals surface area contributed by atoms with Crippen molar-refractivity contribution in [2.45, 2.75) is 72.4 Å². The van der Waals surface area contributed by atoms with Crippen molar-refractivity contribution in [3.8, 4) is 5.75 Å². The van der Waals surface area contributed by atoms with Gasteiger partial charge in [0.05, 0.1) is 6.04 Å². The molecule has 0 unspecified atom stereocenters. The fourth-order valence-corrected chi connectivity index (χ4v) is 2.97. The molecule has 0 radical (unpaired) electrons. The van der Waals surface area contributed by atoms with E-state index in [0.717, 1.165) is 22.4 Å². The van der Waals surface area contributed by atoms with Gasteiger partial charge in [0.1, 0.15) is 5.75 Å². The molecule has 3 heteroatoms. The van der Waals surface area contributed by atoms with E-state index in [0.29, 0.717) is 6.42 Å². The molecule has 0 bridgehead atoms. The Kier molecular flexibility index (Phi) is 6.69. The maximum atomic E-state index is 12.7. The van der Waals surface area contributed by atoms with Gasteiger partial charge in [-0.1, -0.05) is 64.1 Å². The molecule has 2 atom stereocenters.